The predicted octanol–water partition coefficient (Wildman–Crippen LogP) is 3.80. The molecule has 3 aliphatic heterocycles. The summed E-state index contributed by atoms with van der Waals surface area (Å²) < 4.78 is 77.7. The lowest BCUT2D eigenvalue weighted by Gasteiger charge is -2.41. The van der Waals surface area contributed by atoms with Crippen molar-refractivity contribution in [3.05, 3.63) is 98.6 Å². The van der Waals surface area contributed by atoms with Gasteiger partial charge in [0, 0.05) is 73.1 Å². The molecule has 5 N–H and O–H groups in total. The Balaban J connectivity index is 1.62. The molecule has 3 aliphatic rings. The van der Waals surface area contributed by atoms with E-state index in [1.165, 1.54) is 18.2 Å². The van der Waals surface area contributed by atoms with Gasteiger partial charge < -0.3 is 25.2 Å². The second-order valence-electron chi connectivity index (χ2n) is 16.0. The smallest absolute Gasteiger partial charge is 0.336 e. The van der Waals surface area contributed by atoms with Crippen molar-refractivity contribution in [3.8, 4) is 11.5 Å². The Morgan fingerprint density at radius 3 is 2.07 bits per heavy atom. The molecule has 1 amide bonds. The Kier molecular flexibility index (Phi) is 11.0. The number of fused-ring (bicyclic) bond motifs is 4. The molecule has 0 saturated heterocycles. The number of anilines is 1. The maximum atomic E-state index is 13.2. The van der Waals surface area contributed by atoms with Crippen LogP contribution in [0.2, 0.25) is 0 Å². The van der Waals surface area contributed by atoms with Gasteiger partial charge in [-0.25, -0.2) is 9.37 Å². The minimum Gasteiger partial charge on any atom is -0.481 e. The van der Waals surface area contributed by atoms with Crippen LogP contribution in [-0.4, -0.2) is 97.2 Å². The van der Waals surface area contributed by atoms with E-state index in [1.54, 1.807) is 36.4 Å². The summed E-state index contributed by atoms with van der Waals surface area (Å²) >= 11 is 0. The van der Waals surface area contributed by atoms with Crippen LogP contribution < -0.4 is 30.1 Å². The van der Waals surface area contributed by atoms with Crippen LogP contribution in [0, 0.1) is 0 Å². The van der Waals surface area contributed by atoms with Crippen LogP contribution in [0.1, 0.15) is 96.3 Å². The van der Waals surface area contributed by atoms with Crippen molar-refractivity contribution in [1.29, 1.82) is 0 Å². The highest BCUT2D eigenvalue weighted by molar-refractivity contribution is 7.86. The van der Waals surface area contributed by atoms with E-state index in [9.17, 15) is 45.4 Å². The molecule has 0 saturated carbocycles. The van der Waals surface area contributed by atoms with E-state index in [-0.39, 0.29) is 29.7 Å². The zero-order chi connectivity index (χ0) is 42.7. The van der Waals surface area contributed by atoms with Gasteiger partial charge in [0.1, 0.15) is 30.1 Å². The van der Waals surface area contributed by atoms with Gasteiger partial charge in [-0.15, -0.1) is 0 Å². The van der Waals surface area contributed by atoms with Crippen LogP contribution in [0.3, 0.4) is 0 Å². The van der Waals surface area contributed by atoms with Gasteiger partial charge in [-0.05, 0) is 73.7 Å². The summed E-state index contributed by atoms with van der Waals surface area (Å²) in [5.41, 5.74) is 1.30. The van der Waals surface area contributed by atoms with Crippen LogP contribution in [0.5, 0.6) is 11.5 Å². The molecule has 0 atom stereocenters. The second kappa shape index (κ2) is 15.1. The number of likely N-dealkylation sites (N-methyl/N-ethyl adjacent to an activating group) is 2. The van der Waals surface area contributed by atoms with Crippen molar-refractivity contribution < 1.29 is 55.3 Å². The first kappa shape index (κ1) is 42.3. The van der Waals surface area contributed by atoms with Crippen molar-refractivity contribution in [1.82, 2.24) is 9.89 Å². The lowest BCUT2D eigenvalue weighted by Crippen LogP contribution is -2.47. The summed E-state index contributed by atoms with van der Waals surface area (Å²) in [6.45, 7) is 7.76. The van der Waals surface area contributed by atoms with Crippen molar-refractivity contribution in [2.45, 2.75) is 64.5 Å². The Labute approximate surface area is 336 Å². The molecule has 0 fully saturated rings. The zero-order valence-electron chi connectivity index (χ0n) is 32.9. The lowest BCUT2D eigenvalue weighted by atomic mass is 9.83. The van der Waals surface area contributed by atoms with Crippen LogP contribution in [0.4, 0.5) is 5.69 Å². The number of unbranched alkanes of at least 4 members (excludes halogenated alkanes) is 2. The molecule has 6 rings (SSSR count). The Morgan fingerprint density at radius 1 is 0.793 bits per heavy atom. The van der Waals surface area contributed by atoms with E-state index in [4.69, 9.17) is 9.84 Å². The Hall–Kier alpha value is -5.36. The SMILES string of the molecule is CN1c2cc3c(cc2C(CS(=O)(=O)O)=CC1(C)C)C(c1ccc(C(=O)NCCCCCC(=O)O)cc1C(=O)O)=c1cc2c(cc1O3)=[N+](C)C(C)(C)C=C2CS(=O)(=O)O. The molecule has 308 valence electrons. The highest BCUT2D eigenvalue weighted by atomic mass is 32.2. The molecular weight excluding hydrogens is 791 g/mol. The number of hydrogen-bond donors (Lipinski definition) is 5. The summed E-state index contributed by atoms with van der Waals surface area (Å²) in [4.78, 5) is 39.1. The zero-order valence-corrected chi connectivity index (χ0v) is 34.5. The number of carbonyl (C=O) groups excluding carboxylic acids is 1. The van der Waals surface area contributed by atoms with Crippen LogP contribution >= 0.6 is 0 Å². The number of carboxylic acid groups (broad SMARTS) is 2. The van der Waals surface area contributed by atoms with E-state index in [1.807, 2.05) is 51.3 Å². The van der Waals surface area contributed by atoms with Gasteiger partial charge in [0.05, 0.1) is 22.7 Å². The molecule has 0 spiro atoms. The quantitative estimate of drug-likeness (QED) is 0.0735. The van der Waals surface area contributed by atoms with E-state index in [0.29, 0.717) is 80.4 Å². The number of nitrogens with one attached hydrogen (secondary N) is 1. The standard InChI is InChI=1S/C41H45N3O12S2/c1-40(2)19-24(21-57(50,51)52)27-15-30-34(17-32(27)43(40)5)56-35-18-33-28(25(22-58(53,54)55)20-41(3,4)44(33)6)16-31(35)37(30)26-12-11-23(14-29(26)39(48)49)38(47)42-13-9-7-8-10-36(45)46/h11-12,14-20H,7-10,13,21-22H2,1-6H3,(H4-,42,45,46,47,48,49,50,51,52,53,54,55)/p+1. The van der Waals surface area contributed by atoms with Crippen molar-refractivity contribution in [2.24, 2.45) is 0 Å². The maximum absolute atomic E-state index is 13.2. The number of aromatic carboxylic acids is 1. The summed E-state index contributed by atoms with van der Waals surface area (Å²) in [6.07, 6.45) is 5.01. The highest BCUT2D eigenvalue weighted by Gasteiger charge is 2.37. The van der Waals surface area contributed by atoms with Crippen molar-refractivity contribution in [2.75, 3.05) is 37.0 Å². The number of rotatable bonds is 13. The molecular formula is C41H46N3O12S2+. The molecule has 3 heterocycles. The van der Waals surface area contributed by atoms with E-state index < -0.39 is 60.7 Å². The van der Waals surface area contributed by atoms with Gasteiger partial charge >= 0.3 is 11.9 Å². The average molecular weight is 837 g/mol. The van der Waals surface area contributed by atoms with Gasteiger partial charge in [0.2, 0.25) is 5.36 Å². The minimum atomic E-state index is -4.51. The minimum absolute atomic E-state index is 0.0127. The normalized spacial score (nSPS) is 16.5. The van der Waals surface area contributed by atoms with Gasteiger partial charge in [0.15, 0.2) is 5.54 Å². The summed E-state index contributed by atoms with van der Waals surface area (Å²) in [7, 11) is -5.36. The molecule has 0 unspecified atom stereocenters. The predicted molar refractivity (Wildman–Crippen MR) is 218 cm³/mol. The fraction of sp³-hybridized carbons (Fsp3) is 0.366. The van der Waals surface area contributed by atoms with Crippen LogP contribution in [0.15, 0.2) is 54.6 Å². The van der Waals surface area contributed by atoms with Crippen LogP contribution in [0.25, 0.3) is 16.7 Å². The van der Waals surface area contributed by atoms with Gasteiger partial charge in [0.25, 0.3) is 26.1 Å². The number of nitrogens with zero attached hydrogens (tertiary/aromatic N) is 2. The van der Waals surface area contributed by atoms with E-state index in [0.717, 1.165) is 0 Å². The molecule has 0 aromatic heterocycles. The molecule has 15 nitrogen and oxygen atoms in total. The third kappa shape index (κ3) is 8.57. The van der Waals surface area contributed by atoms with Gasteiger partial charge in [-0.2, -0.15) is 16.8 Å². The monoisotopic (exact) mass is 836 g/mol. The Morgan fingerprint density at radius 2 is 1.45 bits per heavy atom. The van der Waals surface area contributed by atoms with E-state index in [2.05, 4.69) is 5.32 Å². The topological polar surface area (TPSA) is 228 Å². The largest absolute Gasteiger partial charge is 0.481 e. The third-order valence-electron chi connectivity index (χ3n) is 11.0. The molecule has 0 radical (unpaired) electrons. The number of aliphatic carboxylic acids is 1. The van der Waals surface area contributed by atoms with Gasteiger partial charge in [-0.3, -0.25) is 18.7 Å². The summed E-state index contributed by atoms with van der Waals surface area (Å²) in [5, 5.41) is 23.2. The van der Waals surface area contributed by atoms with Crippen molar-refractivity contribution >= 4 is 60.5 Å². The number of carboxylic acids is 2. The number of hydrogen-bond acceptors (Lipinski definition) is 9. The maximum Gasteiger partial charge on any atom is 0.336 e. The number of benzene rings is 3. The molecule has 17 heteroatoms. The third-order valence-corrected chi connectivity index (χ3v) is 12.3. The molecule has 3 aromatic rings. The lowest BCUT2D eigenvalue weighted by molar-refractivity contribution is -0.137. The number of carbonyl (C=O) groups is 3. The average Bonchev–Trinajstić information content (AvgIpc) is 3.10. The molecule has 58 heavy (non-hydrogen) atoms. The number of amides is 1. The first-order valence-corrected chi connectivity index (χ1v) is 21.7. The molecule has 0 aliphatic carbocycles. The number of ether oxygens (including phenoxy) is 1. The van der Waals surface area contributed by atoms with Crippen molar-refractivity contribution in [3.63, 3.8) is 0 Å². The summed E-state index contributed by atoms with van der Waals surface area (Å²) in [5.74, 6) is -3.62. The second-order valence-corrected chi connectivity index (χ2v) is 18.9. The molecule has 0 bridgehead atoms. The van der Waals surface area contributed by atoms with Gasteiger partial charge in [-0.1, -0.05) is 18.6 Å². The first-order chi connectivity index (χ1) is 26.9. The fourth-order valence-electron chi connectivity index (χ4n) is 7.74. The fourth-order valence-corrected chi connectivity index (χ4v) is 9.00. The summed E-state index contributed by atoms with van der Waals surface area (Å²) in [6, 6.07) is 11.0. The highest BCUT2D eigenvalue weighted by Crippen LogP contribution is 2.46. The van der Waals surface area contributed by atoms with E-state index >= 15 is 0 Å². The molecule has 3 aromatic carbocycles. The van der Waals surface area contributed by atoms with Crippen LogP contribution in [-0.2, 0) is 25.0 Å². The Bertz CT molecular complexity index is 2710. The first-order valence-electron chi connectivity index (χ1n) is 18.5.